The third-order valence-corrected chi connectivity index (χ3v) is 6.20. The summed E-state index contributed by atoms with van der Waals surface area (Å²) >= 11 is 0. The number of aromatic nitrogens is 3. The van der Waals surface area contributed by atoms with Gasteiger partial charge in [-0.3, -0.25) is 0 Å². The average Bonchev–Trinajstić information content (AvgIpc) is 3.44. The Kier molecular flexibility index (Phi) is 5.25. The molecule has 0 bridgehead atoms. The second kappa shape index (κ2) is 8.07. The highest BCUT2D eigenvalue weighted by Gasteiger charge is 2.41. The van der Waals surface area contributed by atoms with Gasteiger partial charge in [0.25, 0.3) is 0 Å². The number of hydrogen-bond acceptors (Lipinski definition) is 9. The highest BCUT2D eigenvalue weighted by atomic mass is 16.3. The van der Waals surface area contributed by atoms with E-state index in [2.05, 4.69) is 25.6 Å². The van der Waals surface area contributed by atoms with Gasteiger partial charge in [-0.25, -0.2) is 9.97 Å². The number of nitrogens with zero attached hydrogens (tertiary/aromatic N) is 3. The number of nitrogens with one attached hydrogen (secondary N) is 2. The van der Waals surface area contributed by atoms with Crippen molar-refractivity contribution in [3.8, 4) is 11.5 Å². The molecule has 1 aromatic carbocycles. The molecule has 2 heterocycles. The summed E-state index contributed by atoms with van der Waals surface area (Å²) in [5.74, 6) is 1.64. The van der Waals surface area contributed by atoms with E-state index in [0.29, 0.717) is 46.8 Å². The molecule has 0 aliphatic heterocycles. The molecule has 0 spiro atoms. The predicted octanol–water partition coefficient (Wildman–Crippen LogP) is 1.93. The molecule has 2 aromatic heterocycles. The number of aryl methyl sites for hydroxylation is 1. The second-order valence-electron chi connectivity index (χ2n) is 8.58. The van der Waals surface area contributed by atoms with E-state index in [-0.39, 0.29) is 6.61 Å². The van der Waals surface area contributed by atoms with Gasteiger partial charge in [-0.2, -0.15) is 4.98 Å². The Balaban J connectivity index is 1.52. The Morgan fingerprint density at radius 1 is 1.10 bits per heavy atom. The van der Waals surface area contributed by atoms with Crippen LogP contribution >= 0.6 is 0 Å². The van der Waals surface area contributed by atoms with E-state index in [1.807, 2.05) is 31.2 Å². The van der Waals surface area contributed by atoms with Crippen LogP contribution in [0.15, 0.2) is 28.7 Å². The van der Waals surface area contributed by atoms with Crippen LogP contribution in [-0.2, 0) is 0 Å². The van der Waals surface area contributed by atoms with Gasteiger partial charge in [0.2, 0.25) is 11.8 Å². The van der Waals surface area contributed by atoms with E-state index in [1.165, 1.54) is 12.8 Å². The lowest BCUT2D eigenvalue weighted by Crippen LogP contribution is -2.35. The van der Waals surface area contributed by atoms with E-state index >= 15 is 0 Å². The summed E-state index contributed by atoms with van der Waals surface area (Å²) in [4.78, 5) is 13.9. The quantitative estimate of drug-likeness (QED) is 0.384. The predicted molar refractivity (Wildman–Crippen MR) is 116 cm³/mol. The Labute approximate surface area is 179 Å². The summed E-state index contributed by atoms with van der Waals surface area (Å²) in [5.41, 5.74) is 2.70. The van der Waals surface area contributed by atoms with Crippen molar-refractivity contribution in [1.29, 1.82) is 0 Å². The molecule has 2 fully saturated rings. The summed E-state index contributed by atoms with van der Waals surface area (Å²) in [5, 5.41) is 36.8. The molecule has 2 aliphatic carbocycles. The van der Waals surface area contributed by atoms with Crippen molar-refractivity contribution >= 4 is 22.9 Å². The summed E-state index contributed by atoms with van der Waals surface area (Å²) in [6, 6.07) is 7.04. The first kappa shape index (κ1) is 20.2. The highest BCUT2D eigenvalue weighted by molar-refractivity contribution is 5.80. The van der Waals surface area contributed by atoms with Crippen LogP contribution in [0.2, 0.25) is 0 Å². The van der Waals surface area contributed by atoms with Gasteiger partial charge in [-0.15, -0.1) is 0 Å². The number of rotatable bonds is 7. The zero-order chi connectivity index (χ0) is 21.5. The SMILES string of the molecule is Cc1nc(NCC2CC2)nc(NC2CC(CO)C(O)C2O)c1-c1nc2ccccc2o1. The van der Waals surface area contributed by atoms with Gasteiger partial charge >= 0.3 is 0 Å². The molecule has 5 rings (SSSR count). The Bertz CT molecular complexity index is 1050. The molecule has 2 saturated carbocycles. The molecule has 9 nitrogen and oxygen atoms in total. The molecule has 0 amide bonds. The molecule has 0 radical (unpaired) electrons. The fraction of sp³-hybridized carbons (Fsp3) is 0.500. The van der Waals surface area contributed by atoms with Gasteiger partial charge in [0.1, 0.15) is 23.0 Å². The minimum atomic E-state index is -1.02. The molecule has 9 heteroatoms. The van der Waals surface area contributed by atoms with Crippen molar-refractivity contribution in [2.45, 2.75) is 44.4 Å². The van der Waals surface area contributed by atoms with Gasteiger partial charge in [0.15, 0.2) is 5.58 Å². The molecule has 3 aromatic rings. The van der Waals surface area contributed by atoms with E-state index in [4.69, 9.17) is 4.42 Å². The standard InChI is InChI=1S/C22H27N5O4/c1-11-17(21-26-14-4-2-3-5-16(14)31-21)20(27-22(24-11)23-9-12-6-7-12)25-15-8-13(10-28)18(29)19(15)30/h2-5,12-13,15,18-19,28-30H,6-10H2,1H3,(H2,23,24,25,27). The van der Waals surface area contributed by atoms with Gasteiger partial charge in [0, 0.05) is 19.1 Å². The molecule has 4 unspecified atom stereocenters. The maximum absolute atomic E-state index is 10.5. The van der Waals surface area contributed by atoms with E-state index < -0.39 is 24.2 Å². The number of fused-ring (bicyclic) bond motifs is 1. The molecular weight excluding hydrogens is 398 g/mol. The number of hydrogen-bond donors (Lipinski definition) is 5. The monoisotopic (exact) mass is 425 g/mol. The number of aliphatic hydroxyl groups is 3. The van der Waals surface area contributed by atoms with Crippen molar-refractivity contribution in [2.75, 3.05) is 23.8 Å². The lowest BCUT2D eigenvalue weighted by molar-refractivity contribution is 0.00446. The first-order valence-electron chi connectivity index (χ1n) is 10.8. The van der Waals surface area contributed by atoms with Crippen LogP contribution in [0.3, 0.4) is 0 Å². The van der Waals surface area contributed by atoms with Crippen molar-refractivity contribution in [3.63, 3.8) is 0 Å². The Hall–Kier alpha value is -2.75. The topological polar surface area (TPSA) is 137 Å². The number of oxazole rings is 1. The smallest absolute Gasteiger partial charge is 0.232 e. The zero-order valence-corrected chi connectivity index (χ0v) is 17.3. The zero-order valence-electron chi connectivity index (χ0n) is 17.3. The van der Waals surface area contributed by atoms with E-state index in [0.717, 1.165) is 12.1 Å². The third-order valence-electron chi connectivity index (χ3n) is 6.20. The molecule has 2 aliphatic rings. The van der Waals surface area contributed by atoms with Crippen LogP contribution in [-0.4, -0.2) is 61.7 Å². The molecule has 31 heavy (non-hydrogen) atoms. The van der Waals surface area contributed by atoms with Crippen LogP contribution < -0.4 is 10.6 Å². The first-order chi connectivity index (χ1) is 15.0. The molecular formula is C22H27N5O4. The maximum atomic E-state index is 10.5. The van der Waals surface area contributed by atoms with Crippen LogP contribution in [0, 0.1) is 18.8 Å². The lowest BCUT2D eigenvalue weighted by Gasteiger charge is -2.21. The summed E-state index contributed by atoms with van der Waals surface area (Å²) in [6.07, 6.45) is 0.830. The van der Waals surface area contributed by atoms with Crippen LogP contribution in [0.25, 0.3) is 22.6 Å². The normalized spacial score (nSPS) is 25.8. The van der Waals surface area contributed by atoms with E-state index in [9.17, 15) is 15.3 Å². The van der Waals surface area contributed by atoms with Crippen LogP contribution in [0.1, 0.15) is 25.0 Å². The molecule has 0 saturated heterocycles. The van der Waals surface area contributed by atoms with Crippen molar-refractivity contribution in [2.24, 2.45) is 11.8 Å². The number of benzene rings is 1. The van der Waals surface area contributed by atoms with Crippen LogP contribution in [0.5, 0.6) is 0 Å². The fourth-order valence-corrected chi connectivity index (χ4v) is 4.17. The first-order valence-corrected chi connectivity index (χ1v) is 10.8. The largest absolute Gasteiger partial charge is 0.436 e. The summed E-state index contributed by atoms with van der Waals surface area (Å²) in [7, 11) is 0. The summed E-state index contributed by atoms with van der Waals surface area (Å²) in [6.45, 7) is 2.50. The summed E-state index contributed by atoms with van der Waals surface area (Å²) < 4.78 is 5.97. The minimum Gasteiger partial charge on any atom is -0.436 e. The van der Waals surface area contributed by atoms with Gasteiger partial charge in [-0.1, -0.05) is 12.1 Å². The molecule has 5 N–H and O–H groups in total. The molecule has 4 atom stereocenters. The number of anilines is 2. The second-order valence-corrected chi connectivity index (χ2v) is 8.58. The Morgan fingerprint density at radius 2 is 1.90 bits per heavy atom. The average molecular weight is 425 g/mol. The van der Waals surface area contributed by atoms with Crippen molar-refractivity contribution in [1.82, 2.24) is 15.0 Å². The fourth-order valence-electron chi connectivity index (χ4n) is 4.17. The van der Waals surface area contributed by atoms with Gasteiger partial charge in [0.05, 0.1) is 17.8 Å². The van der Waals surface area contributed by atoms with Crippen LogP contribution in [0.4, 0.5) is 11.8 Å². The highest BCUT2D eigenvalue weighted by Crippen LogP contribution is 2.36. The van der Waals surface area contributed by atoms with Gasteiger partial charge < -0.3 is 30.4 Å². The van der Waals surface area contributed by atoms with Crippen molar-refractivity contribution < 1.29 is 19.7 Å². The Morgan fingerprint density at radius 3 is 2.61 bits per heavy atom. The van der Waals surface area contributed by atoms with E-state index in [1.54, 1.807) is 0 Å². The van der Waals surface area contributed by atoms with Gasteiger partial charge in [-0.05, 0) is 44.2 Å². The van der Waals surface area contributed by atoms with Crippen molar-refractivity contribution in [3.05, 3.63) is 30.0 Å². The maximum Gasteiger partial charge on any atom is 0.232 e. The third kappa shape index (κ3) is 3.96. The molecule has 164 valence electrons. The number of para-hydroxylation sites is 2. The minimum absolute atomic E-state index is 0.189. The number of aliphatic hydroxyl groups excluding tert-OH is 3. The lowest BCUT2D eigenvalue weighted by atomic mass is 10.1.